The summed E-state index contributed by atoms with van der Waals surface area (Å²) < 4.78 is 0. The lowest BCUT2D eigenvalue weighted by molar-refractivity contribution is -0.139. The molecule has 0 saturated carbocycles. The summed E-state index contributed by atoms with van der Waals surface area (Å²) in [4.78, 5) is 42.0. The van der Waals surface area contributed by atoms with E-state index < -0.39 is 23.6 Å². The Balaban J connectivity index is 1.71. The summed E-state index contributed by atoms with van der Waals surface area (Å²) in [7, 11) is 1.68. The third-order valence-corrected chi connectivity index (χ3v) is 3.92. The van der Waals surface area contributed by atoms with Gasteiger partial charge in [-0.1, -0.05) is 12.1 Å². The molecule has 26 heavy (non-hydrogen) atoms. The zero-order valence-corrected chi connectivity index (χ0v) is 14.2. The van der Waals surface area contributed by atoms with Crippen LogP contribution in [-0.2, 0) is 14.4 Å². The van der Waals surface area contributed by atoms with Gasteiger partial charge in [-0.3, -0.25) is 19.7 Å². The van der Waals surface area contributed by atoms with Gasteiger partial charge in [0.25, 0.3) is 5.91 Å². The minimum absolute atomic E-state index is 0.142. The fourth-order valence-corrected chi connectivity index (χ4v) is 2.33. The van der Waals surface area contributed by atoms with Crippen molar-refractivity contribution in [3.8, 4) is 11.3 Å². The molecule has 2 heterocycles. The topological polar surface area (TPSA) is 132 Å². The van der Waals surface area contributed by atoms with Gasteiger partial charge in [0.15, 0.2) is 5.92 Å². The predicted octanol–water partition coefficient (Wildman–Crippen LogP) is -0.00950. The Morgan fingerprint density at radius 1 is 1.27 bits per heavy atom. The van der Waals surface area contributed by atoms with Crippen LogP contribution >= 0.6 is 0 Å². The molecule has 0 saturated heterocycles. The van der Waals surface area contributed by atoms with Crippen molar-refractivity contribution in [3.63, 3.8) is 0 Å². The molecular formula is C16H17N7O3. The highest BCUT2D eigenvalue weighted by atomic mass is 16.2. The van der Waals surface area contributed by atoms with Crippen molar-refractivity contribution in [1.82, 2.24) is 25.6 Å². The van der Waals surface area contributed by atoms with Gasteiger partial charge in [0, 0.05) is 24.8 Å². The van der Waals surface area contributed by atoms with Crippen molar-refractivity contribution < 1.29 is 14.4 Å². The normalized spacial score (nSPS) is 16.7. The summed E-state index contributed by atoms with van der Waals surface area (Å²) in [5, 5.41) is 15.2. The van der Waals surface area contributed by atoms with Crippen LogP contribution in [0.15, 0.2) is 35.5 Å². The number of anilines is 1. The van der Waals surface area contributed by atoms with Gasteiger partial charge in [-0.2, -0.15) is 20.4 Å². The van der Waals surface area contributed by atoms with Crippen LogP contribution in [0.2, 0.25) is 0 Å². The highest BCUT2D eigenvalue weighted by molar-refractivity contribution is 6.27. The molecule has 0 aliphatic carbocycles. The Bertz CT molecular complexity index is 858. The van der Waals surface area contributed by atoms with Crippen LogP contribution in [0.3, 0.4) is 0 Å². The van der Waals surface area contributed by atoms with Crippen LogP contribution in [0.25, 0.3) is 11.3 Å². The maximum atomic E-state index is 12.3. The molecule has 10 nitrogen and oxygen atoms in total. The van der Waals surface area contributed by atoms with Crippen molar-refractivity contribution in [1.29, 1.82) is 0 Å². The molecular weight excluding hydrogens is 338 g/mol. The van der Waals surface area contributed by atoms with E-state index in [1.54, 1.807) is 42.4 Å². The Labute approximate surface area is 148 Å². The van der Waals surface area contributed by atoms with Gasteiger partial charge >= 0.3 is 0 Å². The van der Waals surface area contributed by atoms with Gasteiger partial charge in [-0.25, -0.2) is 0 Å². The molecule has 0 spiro atoms. The van der Waals surface area contributed by atoms with Gasteiger partial charge in [-0.15, -0.1) is 0 Å². The van der Waals surface area contributed by atoms with E-state index in [-0.39, 0.29) is 5.96 Å². The number of nitrogens with zero attached hydrogens (tertiary/aromatic N) is 4. The van der Waals surface area contributed by atoms with Crippen molar-refractivity contribution in [2.45, 2.75) is 6.92 Å². The summed E-state index contributed by atoms with van der Waals surface area (Å²) in [6, 6.07) is 6.77. The first kappa shape index (κ1) is 17.3. The van der Waals surface area contributed by atoms with Crippen LogP contribution in [0.4, 0.5) is 5.69 Å². The first-order valence-electron chi connectivity index (χ1n) is 7.91. The Morgan fingerprint density at radius 3 is 2.58 bits per heavy atom. The van der Waals surface area contributed by atoms with Gasteiger partial charge < -0.3 is 10.2 Å². The van der Waals surface area contributed by atoms with Gasteiger partial charge in [0.2, 0.25) is 17.8 Å². The highest BCUT2D eigenvalue weighted by Crippen LogP contribution is 2.19. The second-order valence-electron chi connectivity index (χ2n) is 5.63. The molecule has 1 aliphatic rings. The molecule has 2 aromatic rings. The van der Waals surface area contributed by atoms with Crippen molar-refractivity contribution in [2.75, 3.05) is 18.9 Å². The average molecular weight is 355 g/mol. The third kappa shape index (κ3) is 3.43. The fourth-order valence-electron chi connectivity index (χ4n) is 2.33. The van der Waals surface area contributed by atoms with E-state index in [1.807, 2.05) is 6.92 Å². The predicted molar refractivity (Wildman–Crippen MR) is 92.8 cm³/mol. The summed E-state index contributed by atoms with van der Waals surface area (Å²) in [6.07, 6.45) is 1.57. The quantitative estimate of drug-likeness (QED) is 0.661. The number of hydrogen-bond donors (Lipinski definition) is 3. The maximum Gasteiger partial charge on any atom is 0.271 e. The van der Waals surface area contributed by atoms with Gasteiger partial charge in [0.05, 0.1) is 6.20 Å². The standard InChI is InChI=1S/C16H17N7O3/c1-3-23(2)16-19-14(25)12(15(26)20-16)13(24)18-10-6-4-9(5-7-10)11-8-17-22-21-11/h4-8,12H,3H2,1-2H3,(H,18,24)(H,17,21,22)(H,19,20,25,26). The lowest BCUT2D eigenvalue weighted by atomic mass is 10.1. The smallest absolute Gasteiger partial charge is 0.271 e. The number of H-pyrrole nitrogens is 1. The Kier molecular flexibility index (Phi) is 4.74. The number of guanidine groups is 1. The summed E-state index contributed by atoms with van der Waals surface area (Å²) in [5.41, 5.74) is 1.91. The molecule has 1 aromatic heterocycles. The average Bonchev–Trinajstić information content (AvgIpc) is 3.15. The molecule has 0 bridgehead atoms. The minimum Gasteiger partial charge on any atom is -0.346 e. The van der Waals surface area contributed by atoms with Crippen LogP contribution in [0.5, 0.6) is 0 Å². The molecule has 3 rings (SSSR count). The zero-order valence-electron chi connectivity index (χ0n) is 14.2. The summed E-state index contributed by atoms with van der Waals surface area (Å²) in [6.45, 7) is 2.40. The van der Waals surface area contributed by atoms with E-state index >= 15 is 0 Å². The molecule has 1 unspecified atom stereocenters. The molecule has 10 heteroatoms. The van der Waals surface area contributed by atoms with Crippen molar-refractivity contribution in [3.05, 3.63) is 30.5 Å². The third-order valence-electron chi connectivity index (χ3n) is 3.92. The Hall–Kier alpha value is -3.56. The lowest BCUT2D eigenvalue weighted by Crippen LogP contribution is -2.53. The molecule has 0 radical (unpaired) electrons. The molecule has 3 amide bonds. The number of hydrogen-bond acceptors (Lipinski definition) is 6. The maximum absolute atomic E-state index is 12.3. The van der Waals surface area contributed by atoms with E-state index in [0.717, 1.165) is 5.56 Å². The van der Waals surface area contributed by atoms with E-state index in [1.165, 1.54) is 0 Å². The number of rotatable bonds is 4. The van der Waals surface area contributed by atoms with Gasteiger partial charge in [-0.05, 0) is 19.1 Å². The van der Waals surface area contributed by atoms with Crippen molar-refractivity contribution in [2.24, 2.45) is 10.9 Å². The number of nitrogens with one attached hydrogen (secondary N) is 3. The first-order chi connectivity index (χ1) is 12.5. The minimum atomic E-state index is -1.51. The molecule has 1 aromatic carbocycles. The van der Waals surface area contributed by atoms with Crippen LogP contribution in [0, 0.1) is 5.92 Å². The zero-order chi connectivity index (χ0) is 18.7. The molecule has 1 atom stereocenters. The number of carbonyl (C=O) groups is 3. The number of aromatic amines is 1. The van der Waals surface area contributed by atoms with E-state index in [0.29, 0.717) is 17.9 Å². The fraction of sp³-hybridized carbons (Fsp3) is 0.250. The highest BCUT2D eigenvalue weighted by Gasteiger charge is 2.38. The SMILES string of the molecule is CCN(C)C1=NC(=O)C(C(=O)Nc2ccc(-c3cn[nH]n3)cc2)C(=O)N1. The lowest BCUT2D eigenvalue weighted by Gasteiger charge is -2.25. The van der Waals surface area contributed by atoms with Crippen LogP contribution in [-0.4, -0.2) is 57.6 Å². The number of benzene rings is 1. The van der Waals surface area contributed by atoms with E-state index in [9.17, 15) is 14.4 Å². The monoisotopic (exact) mass is 355 g/mol. The first-order valence-corrected chi connectivity index (χ1v) is 7.91. The number of aliphatic imine (C=N–C) groups is 1. The molecule has 3 N–H and O–H groups in total. The number of aromatic nitrogens is 3. The molecule has 0 fully saturated rings. The summed E-state index contributed by atoms with van der Waals surface area (Å²) in [5.74, 6) is -3.59. The van der Waals surface area contributed by atoms with E-state index in [2.05, 4.69) is 31.0 Å². The number of carbonyl (C=O) groups excluding carboxylic acids is 3. The molecule has 134 valence electrons. The second kappa shape index (κ2) is 7.13. The molecule has 1 aliphatic heterocycles. The largest absolute Gasteiger partial charge is 0.346 e. The van der Waals surface area contributed by atoms with Crippen LogP contribution < -0.4 is 10.6 Å². The summed E-state index contributed by atoms with van der Waals surface area (Å²) >= 11 is 0. The van der Waals surface area contributed by atoms with Gasteiger partial charge in [0.1, 0.15) is 5.69 Å². The second-order valence-corrected chi connectivity index (χ2v) is 5.63. The Morgan fingerprint density at radius 2 is 2.00 bits per heavy atom. The number of amides is 3. The van der Waals surface area contributed by atoms with Crippen molar-refractivity contribution >= 4 is 29.4 Å². The van der Waals surface area contributed by atoms with E-state index in [4.69, 9.17) is 0 Å². The van der Waals surface area contributed by atoms with Crippen LogP contribution in [0.1, 0.15) is 6.92 Å².